The smallest absolute Gasteiger partial charge is 0.217 e. The van der Waals surface area contributed by atoms with Crippen LogP contribution in [0.15, 0.2) is 35.4 Å². The maximum Gasteiger partial charge on any atom is 0.217 e. The van der Waals surface area contributed by atoms with Crippen LogP contribution in [0.5, 0.6) is 5.75 Å². The zero-order valence-corrected chi connectivity index (χ0v) is 13.0. The minimum atomic E-state index is -0.0916. The predicted octanol–water partition coefficient (Wildman–Crippen LogP) is 2.51. The van der Waals surface area contributed by atoms with Crippen molar-refractivity contribution in [3.8, 4) is 17.1 Å². The number of hydrogen-bond acceptors (Lipinski definition) is 5. The second kappa shape index (κ2) is 7.08. The Morgan fingerprint density at radius 1 is 1.38 bits per heavy atom. The fourth-order valence-electron chi connectivity index (χ4n) is 1.90. The number of aromatic nitrogens is 2. The summed E-state index contributed by atoms with van der Waals surface area (Å²) in [6, 6.07) is 7.52. The summed E-state index contributed by atoms with van der Waals surface area (Å²) < 4.78 is 5.44. The Bertz CT molecular complexity index is 632. The van der Waals surface area contributed by atoms with Crippen LogP contribution in [0.2, 0.25) is 0 Å². The van der Waals surface area contributed by atoms with Crippen molar-refractivity contribution in [2.45, 2.75) is 18.4 Å². The van der Waals surface area contributed by atoms with Crippen molar-refractivity contribution in [3.05, 3.63) is 36.2 Å². The van der Waals surface area contributed by atoms with Gasteiger partial charge in [-0.25, -0.2) is 4.98 Å². The lowest BCUT2D eigenvalue weighted by atomic mass is 10.2. The molecule has 0 atom stereocenters. The second-order valence-corrected chi connectivity index (χ2v) is 5.13. The first kappa shape index (κ1) is 15.3. The molecule has 2 heterocycles. The van der Waals surface area contributed by atoms with Crippen molar-refractivity contribution in [2.75, 3.05) is 13.4 Å². The highest BCUT2D eigenvalue weighted by Crippen LogP contribution is 2.33. The first-order chi connectivity index (χ1) is 10.2. The topological polar surface area (TPSA) is 64.1 Å². The van der Waals surface area contributed by atoms with Crippen LogP contribution < -0.4 is 10.1 Å². The van der Waals surface area contributed by atoms with Gasteiger partial charge >= 0.3 is 0 Å². The van der Waals surface area contributed by atoms with Gasteiger partial charge in [-0.2, -0.15) is 0 Å². The number of thioether (sulfide) groups is 1. The van der Waals surface area contributed by atoms with Gasteiger partial charge in [0.15, 0.2) is 0 Å². The molecule has 2 rings (SSSR count). The van der Waals surface area contributed by atoms with Gasteiger partial charge in [0.2, 0.25) is 5.91 Å². The van der Waals surface area contributed by atoms with Crippen LogP contribution in [0, 0.1) is 0 Å². The number of hydrogen-bond donors (Lipinski definition) is 1. The number of rotatable bonds is 5. The van der Waals surface area contributed by atoms with Crippen molar-refractivity contribution in [1.29, 1.82) is 0 Å². The molecule has 0 aromatic carbocycles. The summed E-state index contributed by atoms with van der Waals surface area (Å²) in [6.07, 6.45) is 3.68. The van der Waals surface area contributed by atoms with E-state index in [1.54, 1.807) is 25.1 Å². The summed E-state index contributed by atoms with van der Waals surface area (Å²) >= 11 is 1.54. The Morgan fingerprint density at radius 2 is 2.19 bits per heavy atom. The summed E-state index contributed by atoms with van der Waals surface area (Å²) in [5.74, 6) is 0.643. The molecule has 5 nitrogen and oxygen atoms in total. The van der Waals surface area contributed by atoms with E-state index in [1.807, 2.05) is 30.5 Å². The summed E-state index contributed by atoms with van der Waals surface area (Å²) in [6.45, 7) is 1.85. The Morgan fingerprint density at radius 3 is 2.76 bits per heavy atom. The van der Waals surface area contributed by atoms with E-state index in [4.69, 9.17) is 4.74 Å². The Balaban J connectivity index is 2.48. The fourth-order valence-corrected chi connectivity index (χ4v) is 2.60. The molecule has 0 bridgehead atoms. The van der Waals surface area contributed by atoms with Crippen LogP contribution in [0.25, 0.3) is 11.4 Å². The van der Waals surface area contributed by atoms with Gasteiger partial charge in [0.05, 0.1) is 35.6 Å². The average molecular weight is 303 g/mol. The quantitative estimate of drug-likeness (QED) is 0.860. The zero-order chi connectivity index (χ0) is 15.2. The molecule has 0 saturated carbocycles. The molecule has 0 saturated heterocycles. The lowest BCUT2D eigenvalue weighted by molar-refractivity contribution is -0.119. The van der Waals surface area contributed by atoms with Gasteiger partial charge in [0.25, 0.3) is 0 Å². The molecule has 21 heavy (non-hydrogen) atoms. The van der Waals surface area contributed by atoms with Crippen molar-refractivity contribution in [2.24, 2.45) is 0 Å². The SMILES string of the molecule is COc1cc(-c2ccccn2)nc(CNC(C)=O)c1SC. The van der Waals surface area contributed by atoms with E-state index in [9.17, 15) is 4.79 Å². The van der Waals surface area contributed by atoms with E-state index >= 15 is 0 Å². The van der Waals surface area contributed by atoms with Crippen molar-refractivity contribution in [3.63, 3.8) is 0 Å². The lowest BCUT2D eigenvalue weighted by Crippen LogP contribution is -2.20. The molecule has 0 aliphatic heterocycles. The molecular weight excluding hydrogens is 286 g/mol. The van der Waals surface area contributed by atoms with Crippen LogP contribution >= 0.6 is 11.8 Å². The van der Waals surface area contributed by atoms with E-state index in [-0.39, 0.29) is 5.91 Å². The van der Waals surface area contributed by atoms with Gasteiger partial charge in [-0.05, 0) is 18.4 Å². The van der Waals surface area contributed by atoms with Gasteiger partial charge in [-0.3, -0.25) is 9.78 Å². The number of pyridine rings is 2. The normalized spacial score (nSPS) is 10.2. The number of nitrogens with zero attached hydrogens (tertiary/aromatic N) is 2. The van der Waals surface area contributed by atoms with E-state index in [0.29, 0.717) is 6.54 Å². The molecule has 2 aromatic rings. The van der Waals surface area contributed by atoms with Gasteiger partial charge in [0, 0.05) is 19.2 Å². The fraction of sp³-hybridized carbons (Fsp3) is 0.267. The Hall–Kier alpha value is -2.08. The minimum Gasteiger partial charge on any atom is -0.495 e. The summed E-state index contributed by atoms with van der Waals surface area (Å²) in [5.41, 5.74) is 2.27. The highest BCUT2D eigenvalue weighted by atomic mass is 32.2. The van der Waals surface area contributed by atoms with Crippen molar-refractivity contribution in [1.82, 2.24) is 15.3 Å². The third kappa shape index (κ3) is 3.72. The molecule has 2 aromatic heterocycles. The number of carbonyl (C=O) groups excluding carboxylic acids is 1. The van der Waals surface area contributed by atoms with Crippen LogP contribution in [0.4, 0.5) is 0 Å². The number of carbonyl (C=O) groups is 1. The highest BCUT2D eigenvalue weighted by Gasteiger charge is 2.14. The van der Waals surface area contributed by atoms with Crippen molar-refractivity contribution < 1.29 is 9.53 Å². The second-order valence-electron chi connectivity index (χ2n) is 4.31. The van der Waals surface area contributed by atoms with Crippen molar-refractivity contribution >= 4 is 17.7 Å². The molecule has 110 valence electrons. The van der Waals surface area contributed by atoms with Gasteiger partial charge in [-0.1, -0.05) is 6.07 Å². The summed E-state index contributed by atoms with van der Waals surface area (Å²) in [4.78, 5) is 21.0. The van der Waals surface area contributed by atoms with E-state index in [0.717, 1.165) is 27.7 Å². The Labute approximate surface area is 128 Å². The predicted molar refractivity (Wildman–Crippen MR) is 83.3 cm³/mol. The van der Waals surface area contributed by atoms with Crippen LogP contribution in [0.1, 0.15) is 12.6 Å². The van der Waals surface area contributed by atoms with Gasteiger partial charge in [0.1, 0.15) is 5.75 Å². The maximum absolute atomic E-state index is 11.1. The molecule has 0 aliphatic carbocycles. The lowest BCUT2D eigenvalue weighted by Gasteiger charge is -2.14. The van der Waals surface area contributed by atoms with Gasteiger partial charge in [-0.15, -0.1) is 11.8 Å². The third-order valence-corrected chi connectivity index (χ3v) is 3.71. The third-order valence-electron chi connectivity index (χ3n) is 2.87. The Kier molecular flexibility index (Phi) is 5.16. The van der Waals surface area contributed by atoms with E-state index in [1.165, 1.54) is 6.92 Å². The largest absolute Gasteiger partial charge is 0.495 e. The highest BCUT2D eigenvalue weighted by molar-refractivity contribution is 7.98. The first-order valence-electron chi connectivity index (χ1n) is 6.43. The maximum atomic E-state index is 11.1. The standard InChI is InChI=1S/C15H17N3O2S/c1-10(19)17-9-13-15(21-3)14(20-2)8-12(18-13)11-6-4-5-7-16-11/h4-8H,9H2,1-3H3,(H,17,19). The number of methoxy groups -OCH3 is 1. The molecular formula is C15H17N3O2S. The molecule has 0 spiro atoms. The number of amides is 1. The average Bonchev–Trinajstić information content (AvgIpc) is 2.52. The molecule has 6 heteroatoms. The first-order valence-corrected chi connectivity index (χ1v) is 7.66. The minimum absolute atomic E-state index is 0.0916. The molecule has 0 radical (unpaired) electrons. The molecule has 1 amide bonds. The molecule has 0 unspecified atom stereocenters. The van der Waals surface area contributed by atoms with E-state index in [2.05, 4.69) is 15.3 Å². The number of ether oxygens (including phenoxy) is 1. The van der Waals surface area contributed by atoms with E-state index < -0.39 is 0 Å². The van der Waals surface area contributed by atoms with Crippen LogP contribution in [-0.4, -0.2) is 29.2 Å². The monoisotopic (exact) mass is 303 g/mol. The van der Waals surface area contributed by atoms with Crippen LogP contribution in [0.3, 0.4) is 0 Å². The van der Waals surface area contributed by atoms with Gasteiger partial charge < -0.3 is 10.1 Å². The van der Waals surface area contributed by atoms with Crippen LogP contribution in [-0.2, 0) is 11.3 Å². The molecule has 0 fully saturated rings. The summed E-state index contributed by atoms with van der Waals surface area (Å²) in [5, 5.41) is 2.78. The molecule has 1 N–H and O–H groups in total. The number of nitrogens with one attached hydrogen (secondary N) is 1. The zero-order valence-electron chi connectivity index (χ0n) is 12.2. The summed E-state index contributed by atoms with van der Waals surface area (Å²) in [7, 11) is 1.62. The molecule has 0 aliphatic rings.